The Bertz CT molecular complexity index is 975. The number of aromatic carboxylic acids is 1. The molecule has 0 bridgehead atoms. The van der Waals surface area contributed by atoms with Gasteiger partial charge in [0.05, 0.1) is 18.8 Å². The number of carboxylic acids is 1. The molecule has 0 saturated carbocycles. The van der Waals surface area contributed by atoms with E-state index in [1.54, 1.807) is 24.3 Å². The van der Waals surface area contributed by atoms with Crippen LogP contribution >= 0.6 is 0 Å². The van der Waals surface area contributed by atoms with Gasteiger partial charge in [-0.1, -0.05) is 19.1 Å². The van der Waals surface area contributed by atoms with Crippen LogP contribution in [0, 0.1) is 11.3 Å². The third-order valence-electron chi connectivity index (χ3n) is 4.13. The minimum atomic E-state index is -1.11. The number of nitriles is 1. The molecule has 7 nitrogen and oxygen atoms in total. The summed E-state index contributed by atoms with van der Waals surface area (Å²) in [4.78, 5) is 23.5. The second kappa shape index (κ2) is 9.95. The highest BCUT2D eigenvalue weighted by atomic mass is 16.5. The maximum absolute atomic E-state index is 12.4. The topological polar surface area (TPSA) is 109 Å². The van der Waals surface area contributed by atoms with E-state index in [1.807, 2.05) is 19.9 Å². The van der Waals surface area contributed by atoms with E-state index in [4.69, 9.17) is 14.6 Å². The Labute approximate surface area is 169 Å². The minimum absolute atomic E-state index is 0.0207. The van der Waals surface area contributed by atoms with Crippen LogP contribution < -0.4 is 14.8 Å². The molecule has 1 atom stereocenters. The van der Waals surface area contributed by atoms with Gasteiger partial charge in [0.1, 0.15) is 11.6 Å². The van der Waals surface area contributed by atoms with Crippen molar-refractivity contribution in [3.63, 3.8) is 0 Å². The number of nitrogens with zero attached hydrogens (tertiary/aromatic N) is 1. The monoisotopic (exact) mass is 394 g/mol. The molecule has 2 aromatic rings. The number of anilines is 1. The van der Waals surface area contributed by atoms with E-state index in [2.05, 4.69) is 5.32 Å². The van der Waals surface area contributed by atoms with Crippen LogP contribution in [-0.4, -0.2) is 30.2 Å². The number of carboxylic acid groups (broad SMARTS) is 1. The molecule has 2 rings (SSSR count). The van der Waals surface area contributed by atoms with Crippen molar-refractivity contribution in [1.82, 2.24) is 0 Å². The van der Waals surface area contributed by atoms with Crippen LogP contribution in [0.3, 0.4) is 0 Å². The number of carbonyl (C=O) groups excluding carboxylic acids is 1. The standard InChI is InChI=1S/C22H22N2O5/c1-4-14(2)29-19-9-8-15(11-20(19)28-3)10-17(13-23)21(25)24-18-7-5-6-16(12-18)22(26)27/h5-12,14H,4H2,1-3H3,(H,24,25)(H,26,27). The van der Waals surface area contributed by atoms with E-state index in [0.29, 0.717) is 17.1 Å². The van der Waals surface area contributed by atoms with E-state index in [1.165, 1.54) is 31.4 Å². The normalized spacial score (nSPS) is 11.9. The van der Waals surface area contributed by atoms with Crippen LogP contribution in [0.1, 0.15) is 36.2 Å². The van der Waals surface area contributed by atoms with Gasteiger partial charge in [0, 0.05) is 5.69 Å². The number of methoxy groups -OCH3 is 1. The van der Waals surface area contributed by atoms with Gasteiger partial charge in [-0.2, -0.15) is 5.26 Å². The summed E-state index contributed by atoms with van der Waals surface area (Å²) in [6.07, 6.45) is 2.28. The van der Waals surface area contributed by atoms with Crippen molar-refractivity contribution in [2.75, 3.05) is 12.4 Å². The molecule has 0 radical (unpaired) electrons. The molecule has 7 heteroatoms. The number of nitrogens with one attached hydrogen (secondary N) is 1. The molecular formula is C22H22N2O5. The van der Waals surface area contributed by atoms with Gasteiger partial charge in [-0.15, -0.1) is 0 Å². The predicted octanol–water partition coefficient (Wildman–Crippen LogP) is 4.12. The molecule has 0 fully saturated rings. The molecule has 0 aromatic heterocycles. The summed E-state index contributed by atoms with van der Waals surface area (Å²) in [6, 6.07) is 12.8. The highest BCUT2D eigenvalue weighted by molar-refractivity contribution is 6.10. The lowest BCUT2D eigenvalue weighted by Gasteiger charge is -2.15. The van der Waals surface area contributed by atoms with Gasteiger partial charge >= 0.3 is 5.97 Å². The molecule has 150 valence electrons. The van der Waals surface area contributed by atoms with Gasteiger partial charge < -0.3 is 19.9 Å². The summed E-state index contributed by atoms with van der Waals surface area (Å²) < 4.78 is 11.1. The molecule has 1 unspecified atom stereocenters. The van der Waals surface area contributed by atoms with Crippen LogP contribution in [-0.2, 0) is 4.79 Å². The van der Waals surface area contributed by atoms with Crippen molar-refractivity contribution in [3.05, 3.63) is 59.2 Å². The van der Waals surface area contributed by atoms with Gasteiger partial charge in [-0.25, -0.2) is 4.79 Å². The molecular weight excluding hydrogens is 372 g/mol. The lowest BCUT2D eigenvalue weighted by molar-refractivity contribution is -0.112. The maximum Gasteiger partial charge on any atom is 0.335 e. The summed E-state index contributed by atoms with van der Waals surface area (Å²) >= 11 is 0. The first-order chi connectivity index (χ1) is 13.9. The molecule has 2 aromatic carbocycles. The van der Waals surface area contributed by atoms with Crippen molar-refractivity contribution < 1.29 is 24.2 Å². The van der Waals surface area contributed by atoms with Crippen molar-refractivity contribution >= 4 is 23.6 Å². The largest absolute Gasteiger partial charge is 0.493 e. The first-order valence-corrected chi connectivity index (χ1v) is 8.99. The Morgan fingerprint density at radius 1 is 1.24 bits per heavy atom. The highest BCUT2D eigenvalue weighted by Crippen LogP contribution is 2.30. The van der Waals surface area contributed by atoms with Crippen molar-refractivity contribution in [2.24, 2.45) is 0 Å². The zero-order valence-electron chi connectivity index (χ0n) is 16.4. The summed E-state index contributed by atoms with van der Waals surface area (Å²) in [7, 11) is 1.51. The molecule has 0 aliphatic heterocycles. The molecule has 0 spiro atoms. The Balaban J connectivity index is 2.24. The summed E-state index contributed by atoms with van der Waals surface area (Å²) in [5.41, 5.74) is 0.769. The first kappa shape index (κ1) is 21.5. The van der Waals surface area contributed by atoms with Gasteiger partial charge in [0.2, 0.25) is 0 Å². The minimum Gasteiger partial charge on any atom is -0.493 e. The fourth-order valence-electron chi connectivity index (χ4n) is 2.42. The van der Waals surface area contributed by atoms with Crippen molar-refractivity contribution in [3.8, 4) is 17.6 Å². The zero-order valence-corrected chi connectivity index (χ0v) is 16.4. The average molecular weight is 394 g/mol. The van der Waals surface area contributed by atoms with Gasteiger partial charge in [-0.05, 0) is 55.3 Å². The smallest absolute Gasteiger partial charge is 0.335 e. The lowest BCUT2D eigenvalue weighted by atomic mass is 10.1. The van der Waals surface area contributed by atoms with Crippen LogP contribution in [0.15, 0.2) is 48.0 Å². The maximum atomic E-state index is 12.4. The highest BCUT2D eigenvalue weighted by Gasteiger charge is 2.13. The number of amides is 1. The van der Waals surface area contributed by atoms with Gasteiger partial charge in [-0.3, -0.25) is 4.79 Å². The fourth-order valence-corrected chi connectivity index (χ4v) is 2.42. The van der Waals surface area contributed by atoms with Gasteiger partial charge in [0.15, 0.2) is 11.5 Å². The van der Waals surface area contributed by atoms with Gasteiger partial charge in [0.25, 0.3) is 5.91 Å². The SMILES string of the molecule is CCC(C)Oc1ccc(C=C(C#N)C(=O)Nc2cccc(C(=O)O)c2)cc1OC. The third-order valence-corrected chi connectivity index (χ3v) is 4.13. The molecule has 2 N–H and O–H groups in total. The van der Waals surface area contributed by atoms with Crippen LogP contribution in [0.5, 0.6) is 11.5 Å². The van der Waals surface area contributed by atoms with Crippen molar-refractivity contribution in [1.29, 1.82) is 5.26 Å². The number of carbonyl (C=O) groups is 2. The Hall–Kier alpha value is -3.79. The number of benzene rings is 2. The van der Waals surface area contributed by atoms with Crippen molar-refractivity contribution in [2.45, 2.75) is 26.4 Å². The summed E-state index contributed by atoms with van der Waals surface area (Å²) in [6.45, 7) is 3.96. The van der Waals surface area contributed by atoms with E-state index in [9.17, 15) is 14.9 Å². The van der Waals surface area contributed by atoms with E-state index in [0.717, 1.165) is 6.42 Å². The molecule has 1 amide bonds. The van der Waals surface area contributed by atoms with E-state index < -0.39 is 11.9 Å². The second-order valence-corrected chi connectivity index (χ2v) is 6.26. The quantitative estimate of drug-likeness (QED) is 0.515. The third kappa shape index (κ3) is 5.84. The summed E-state index contributed by atoms with van der Waals surface area (Å²) in [5, 5.41) is 21.0. The Morgan fingerprint density at radius 2 is 2.00 bits per heavy atom. The average Bonchev–Trinajstić information content (AvgIpc) is 2.72. The first-order valence-electron chi connectivity index (χ1n) is 8.99. The molecule has 0 heterocycles. The molecule has 0 aliphatic rings. The summed E-state index contributed by atoms with van der Waals surface area (Å²) in [5.74, 6) is -0.684. The molecule has 0 saturated heterocycles. The molecule has 29 heavy (non-hydrogen) atoms. The Kier molecular flexibility index (Phi) is 7.38. The van der Waals surface area contributed by atoms with E-state index in [-0.39, 0.29) is 22.9 Å². The zero-order chi connectivity index (χ0) is 21.4. The number of rotatable bonds is 8. The Morgan fingerprint density at radius 3 is 2.62 bits per heavy atom. The van der Waals surface area contributed by atoms with Crippen LogP contribution in [0.2, 0.25) is 0 Å². The number of hydrogen-bond donors (Lipinski definition) is 2. The van der Waals surface area contributed by atoms with Crippen LogP contribution in [0.25, 0.3) is 6.08 Å². The number of ether oxygens (including phenoxy) is 2. The predicted molar refractivity (Wildman–Crippen MR) is 109 cm³/mol. The lowest BCUT2D eigenvalue weighted by Crippen LogP contribution is -2.14. The van der Waals surface area contributed by atoms with E-state index >= 15 is 0 Å². The van der Waals surface area contributed by atoms with Crippen LogP contribution in [0.4, 0.5) is 5.69 Å². The number of hydrogen-bond acceptors (Lipinski definition) is 5. The second-order valence-electron chi connectivity index (χ2n) is 6.26. The molecule has 0 aliphatic carbocycles. The fraction of sp³-hybridized carbons (Fsp3) is 0.227.